The zero-order valence-corrected chi connectivity index (χ0v) is 9.83. The number of hydrogen-bond acceptors (Lipinski definition) is 2. The van der Waals surface area contributed by atoms with E-state index >= 15 is 0 Å². The van der Waals surface area contributed by atoms with E-state index in [4.69, 9.17) is 23.6 Å². The monoisotopic (exact) mass is 253 g/mol. The van der Waals surface area contributed by atoms with Crippen molar-refractivity contribution in [1.29, 1.82) is 0 Å². The van der Waals surface area contributed by atoms with Gasteiger partial charge in [0.25, 0.3) is 5.91 Å². The van der Waals surface area contributed by atoms with E-state index in [9.17, 15) is 9.59 Å². The third kappa shape index (κ3) is 4.44. The largest absolute Gasteiger partial charge is 0.481 e. The van der Waals surface area contributed by atoms with Gasteiger partial charge < -0.3 is 10.4 Å². The van der Waals surface area contributed by atoms with Crippen molar-refractivity contribution in [3.05, 3.63) is 41.3 Å². The van der Waals surface area contributed by atoms with Gasteiger partial charge in [0.15, 0.2) is 0 Å². The lowest BCUT2D eigenvalue weighted by molar-refractivity contribution is -0.137. The number of aliphatic carboxylic acids is 1. The highest BCUT2D eigenvalue weighted by Crippen LogP contribution is 2.17. The Hall–Kier alpha value is -1.55. The molecule has 1 amide bonds. The maximum atomic E-state index is 11.7. The second-order valence-corrected chi connectivity index (χ2v) is 3.90. The van der Waals surface area contributed by atoms with Gasteiger partial charge in [0.2, 0.25) is 0 Å². The predicted octanol–water partition coefficient (Wildman–Crippen LogP) is 1.99. The summed E-state index contributed by atoms with van der Waals surface area (Å²) >= 11 is 5.84. The number of benzene rings is 1. The molecule has 0 saturated carbocycles. The van der Waals surface area contributed by atoms with E-state index in [0.717, 1.165) is 0 Å². The summed E-state index contributed by atoms with van der Waals surface area (Å²) in [6.07, 6.45) is 0.395. The van der Waals surface area contributed by atoms with Gasteiger partial charge in [-0.25, -0.2) is 0 Å². The molecule has 0 atom stereocenters. The van der Waals surface area contributed by atoms with Crippen molar-refractivity contribution in [2.24, 2.45) is 0 Å². The highest BCUT2D eigenvalue weighted by Gasteiger charge is 2.09. The maximum Gasteiger partial charge on any atom is 0.303 e. The summed E-state index contributed by atoms with van der Waals surface area (Å²) in [5.74, 6) is -1.24. The summed E-state index contributed by atoms with van der Waals surface area (Å²) in [5, 5.41) is 11.3. The van der Waals surface area contributed by atoms with Crippen LogP contribution in [0.3, 0.4) is 0 Å². The Kier molecular flexibility index (Phi) is 4.97. The second kappa shape index (κ2) is 6.25. The lowest BCUT2D eigenvalue weighted by atomic mass is 10.1. The van der Waals surface area contributed by atoms with Crippen LogP contribution in [0.15, 0.2) is 18.2 Å². The van der Waals surface area contributed by atoms with Crippen LogP contribution in [0.4, 0.5) is 0 Å². The van der Waals surface area contributed by atoms with Crippen molar-refractivity contribution in [3.63, 3.8) is 0 Å². The van der Waals surface area contributed by atoms with Crippen molar-refractivity contribution in [1.82, 2.24) is 5.32 Å². The number of carbonyl (C=O) groups is 2. The van der Waals surface area contributed by atoms with Crippen LogP contribution in [0, 0.1) is 6.92 Å². The van der Waals surface area contributed by atoms with Gasteiger partial charge in [0, 0.05) is 13.0 Å². The molecule has 4 nitrogen and oxygen atoms in total. The molecule has 17 heavy (non-hydrogen) atoms. The Morgan fingerprint density at radius 1 is 1.41 bits per heavy atom. The molecule has 0 saturated heterocycles. The molecular weight excluding hydrogens is 242 g/mol. The number of carbonyl (C=O) groups excluding carboxylic acids is 1. The standard InChI is InChI=1S/C12H12ClNO3/c1-8-4-5-10(13)9(7-8)12(17)14-6-2-3-11(15)16/h1,4-5,7H,2-3,6H2,(H,14,17)(H,15,16). The molecular formula is C12H12ClNO3. The summed E-state index contributed by atoms with van der Waals surface area (Å²) in [7, 11) is 0. The van der Waals surface area contributed by atoms with E-state index in [0.29, 0.717) is 22.6 Å². The van der Waals surface area contributed by atoms with E-state index in [1.165, 1.54) is 6.07 Å². The van der Waals surface area contributed by atoms with Crippen LogP contribution in [0.25, 0.3) is 0 Å². The first-order chi connectivity index (χ1) is 8.00. The molecule has 0 unspecified atom stereocenters. The Balaban J connectivity index is 2.52. The fraction of sp³-hybridized carbons (Fsp3) is 0.250. The number of halogens is 1. The minimum Gasteiger partial charge on any atom is -0.481 e. The van der Waals surface area contributed by atoms with Gasteiger partial charge in [-0.3, -0.25) is 9.59 Å². The summed E-state index contributed by atoms with van der Waals surface area (Å²) in [4.78, 5) is 21.9. The zero-order valence-electron chi connectivity index (χ0n) is 9.07. The highest BCUT2D eigenvalue weighted by molar-refractivity contribution is 6.33. The Bertz CT molecular complexity index is 432. The van der Waals surface area contributed by atoms with Crippen LogP contribution >= 0.6 is 11.6 Å². The van der Waals surface area contributed by atoms with Gasteiger partial charge in [-0.1, -0.05) is 17.7 Å². The van der Waals surface area contributed by atoms with Crippen LogP contribution in [0.5, 0.6) is 0 Å². The van der Waals surface area contributed by atoms with Crippen molar-refractivity contribution in [3.8, 4) is 0 Å². The third-order valence-corrected chi connectivity index (χ3v) is 2.42. The number of carboxylic acid groups (broad SMARTS) is 1. The molecule has 0 bridgehead atoms. The van der Waals surface area contributed by atoms with Gasteiger partial charge in [-0.15, -0.1) is 0 Å². The molecule has 90 valence electrons. The molecule has 0 spiro atoms. The molecule has 0 aliphatic rings. The molecule has 0 aromatic heterocycles. The molecule has 1 aromatic rings. The average molecular weight is 254 g/mol. The van der Waals surface area contributed by atoms with Crippen molar-refractivity contribution in [2.45, 2.75) is 12.8 Å². The predicted molar refractivity (Wildman–Crippen MR) is 64.1 cm³/mol. The minimum atomic E-state index is -0.888. The molecule has 0 aliphatic heterocycles. The maximum absolute atomic E-state index is 11.7. The van der Waals surface area contributed by atoms with Gasteiger partial charge in [0.1, 0.15) is 0 Å². The van der Waals surface area contributed by atoms with Gasteiger partial charge in [-0.2, -0.15) is 0 Å². The van der Waals surface area contributed by atoms with Crippen molar-refractivity contribution in [2.75, 3.05) is 6.54 Å². The molecule has 2 N–H and O–H groups in total. The summed E-state index contributed by atoms with van der Waals surface area (Å²) in [5.41, 5.74) is 0.743. The molecule has 0 fully saturated rings. The van der Waals surface area contributed by atoms with Gasteiger partial charge >= 0.3 is 5.97 Å². The number of hydrogen-bond donors (Lipinski definition) is 2. The number of nitrogens with one attached hydrogen (secondary N) is 1. The Morgan fingerprint density at radius 2 is 2.12 bits per heavy atom. The fourth-order valence-electron chi connectivity index (χ4n) is 1.25. The fourth-order valence-corrected chi connectivity index (χ4v) is 1.46. The third-order valence-electron chi connectivity index (χ3n) is 2.09. The summed E-state index contributed by atoms with van der Waals surface area (Å²) in [6.45, 7) is 5.83. The topological polar surface area (TPSA) is 66.4 Å². The van der Waals surface area contributed by atoms with E-state index in [2.05, 4.69) is 5.32 Å². The molecule has 0 aliphatic carbocycles. The quantitative estimate of drug-likeness (QED) is 0.789. The minimum absolute atomic E-state index is 0.0188. The van der Waals surface area contributed by atoms with Crippen LogP contribution in [0.1, 0.15) is 28.8 Å². The van der Waals surface area contributed by atoms with E-state index < -0.39 is 5.97 Å². The molecule has 1 rings (SSSR count). The normalized spacial score (nSPS) is 10.0. The number of carboxylic acids is 1. The van der Waals surface area contributed by atoms with Crippen LogP contribution in [-0.4, -0.2) is 23.5 Å². The average Bonchev–Trinajstić information content (AvgIpc) is 2.27. The first-order valence-corrected chi connectivity index (χ1v) is 5.43. The smallest absolute Gasteiger partial charge is 0.303 e. The van der Waals surface area contributed by atoms with Crippen LogP contribution in [0.2, 0.25) is 5.02 Å². The van der Waals surface area contributed by atoms with Crippen molar-refractivity contribution >= 4 is 23.5 Å². The highest BCUT2D eigenvalue weighted by atomic mass is 35.5. The Labute approximate surface area is 105 Å². The van der Waals surface area contributed by atoms with Gasteiger partial charge in [-0.05, 0) is 31.0 Å². The molecule has 1 aromatic carbocycles. The first kappa shape index (κ1) is 13.5. The Morgan fingerprint density at radius 3 is 2.76 bits per heavy atom. The molecule has 0 heterocycles. The van der Waals surface area contributed by atoms with Crippen LogP contribution < -0.4 is 5.32 Å². The lowest BCUT2D eigenvalue weighted by Gasteiger charge is -2.06. The second-order valence-electron chi connectivity index (χ2n) is 3.49. The zero-order chi connectivity index (χ0) is 12.8. The molecule has 5 heteroatoms. The summed E-state index contributed by atoms with van der Waals surface area (Å²) < 4.78 is 0. The van der Waals surface area contributed by atoms with Crippen molar-refractivity contribution < 1.29 is 14.7 Å². The first-order valence-electron chi connectivity index (χ1n) is 5.05. The summed E-state index contributed by atoms with van der Waals surface area (Å²) in [6, 6.07) is 4.63. The van der Waals surface area contributed by atoms with Crippen LogP contribution in [-0.2, 0) is 4.79 Å². The van der Waals surface area contributed by atoms with E-state index in [-0.39, 0.29) is 18.9 Å². The SMILES string of the molecule is [CH]c1ccc(Cl)c(C(=O)NCCCC(=O)O)c1. The lowest BCUT2D eigenvalue weighted by Crippen LogP contribution is -2.25. The number of rotatable bonds is 5. The molecule has 2 radical (unpaired) electrons. The van der Waals surface area contributed by atoms with Gasteiger partial charge in [0.05, 0.1) is 10.6 Å². The van der Waals surface area contributed by atoms with E-state index in [1.807, 2.05) is 0 Å². The van der Waals surface area contributed by atoms with E-state index in [1.54, 1.807) is 12.1 Å². The number of amides is 1.